The second kappa shape index (κ2) is 3.76. The van der Waals surface area contributed by atoms with Crippen molar-refractivity contribution in [3.63, 3.8) is 0 Å². The number of hydrogen-bond acceptors (Lipinski definition) is 2. The molecule has 1 aromatic carbocycles. The monoisotopic (exact) mass is 176 g/mol. The topological polar surface area (TPSA) is 47.6 Å². The van der Waals surface area contributed by atoms with Crippen molar-refractivity contribution >= 4 is 11.6 Å². The van der Waals surface area contributed by atoms with Crippen LogP contribution in [0.2, 0.25) is 0 Å². The zero-order valence-electron chi connectivity index (χ0n) is 6.16. The molecule has 0 bridgehead atoms. The number of alkyl halides is 1. The van der Waals surface area contributed by atoms with Gasteiger partial charge in [0, 0.05) is 0 Å². The molecule has 0 radical (unpaired) electrons. The van der Waals surface area contributed by atoms with Crippen molar-refractivity contribution in [1.29, 1.82) is 10.5 Å². The van der Waals surface area contributed by atoms with Crippen LogP contribution in [0.1, 0.15) is 16.5 Å². The maximum atomic E-state index is 8.54. The molecule has 3 heteroatoms. The van der Waals surface area contributed by atoms with Crippen molar-refractivity contribution in [2.75, 3.05) is 0 Å². The lowest BCUT2D eigenvalue weighted by Crippen LogP contribution is -1.86. The molecule has 0 saturated carbocycles. The van der Waals surface area contributed by atoms with Gasteiger partial charge in [0.25, 0.3) is 0 Å². The molecule has 0 aliphatic rings. The van der Waals surface area contributed by atoms with Gasteiger partial charge in [0.2, 0.25) is 0 Å². The molecule has 0 fully saturated rings. The van der Waals surface area contributed by atoms with Crippen LogP contribution in [0.25, 0.3) is 0 Å². The van der Waals surface area contributed by atoms with E-state index in [1.165, 1.54) is 0 Å². The summed E-state index contributed by atoms with van der Waals surface area (Å²) in [7, 11) is 0. The van der Waals surface area contributed by atoms with Crippen LogP contribution in [0, 0.1) is 22.7 Å². The first-order valence-corrected chi connectivity index (χ1v) is 3.75. The lowest BCUT2D eigenvalue weighted by molar-refractivity contribution is 1.21. The maximum absolute atomic E-state index is 8.54. The summed E-state index contributed by atoms with van der Waals surface area (Å²) in [6, 6.07) is 10.6. The summed E-state index contributed by atoms with van der Waals surface area (Å²) in [6.07, 6.45) is 0. The molecule has 0 spiro atoms. The standard InChI is InChI=1S/C9H5ClN2/c10-9(6-12)8-3-1-2-7(4-8)5-11/h1-4,9H. The molecule has 12 heavy (non-hydrogen) atoms. The van der Waals surface area contributed by atoms with Gasteiger partial charge < -0.3 is 0 Å². The smallest absolute Gasteiger partial charge is 0.145 e. The molecule has 0 N–H and O–H groups in total. The Labute approximate surface area is 75.6 Å². The van der Waals surface area contributed by atoms with Gasteiger partial charge in [-0.15, -0.1) is 11.6 Å². The van der Waals surface area contributed by atoms with Gasteiger partial charge >= 0.3 is 0 Å². The van der Waals surface area contributed by atoms with Crippen LogP contribution in [0.15, 0.2) is 24.3 Å². The first-order valence-electron chi connectivity index (χ1n) is 3.31. The largest absolute Gasteiger partial charge is 0.196 e. The lowest BCUT2D eigenvalue weighted by atomic mass is 10.1. The Bertz CT molecular complexity index is 360. The Hall–Kier alpha value is -1.51. The summed E-state index contributed by atoms with van der Waals surface area (Å²) < 4.78 is 0. The number of benzene rings is 1. The second-order valence-corrected chi connectivity index (χ2v) is 2.67. The van der Waals surface area contributed by atoms with Crippen LogP contribution in [-0.2, 0) is 0 Å². The first-order chi connectivity index (χ1) is 5.77. The number of nitrogens with zero attached hydrogens (tertiary/aromatic N) is 2. The van der Waals surface area contributed by atoms with Gasteiger partial charge in [0.15, 0.2) is 0 Å². The Balaban J connectivity index is 3.05. The highest BCUT2D eigenvalue weighted by Gasteiger charge is 2.05. The summed E-state index contributed by atoms with van der Waals surface area (Å²) in [5.41, 5.74) is 1.19. The van der Waals surface area contributed by atoms with E-state index in [0.29, 0.717) is 11.1 Å². The van der Waals surface area contributed by atoms with Crippen LogP contribution in [0.3, 0.4) is 0 Å². The molecule has 0 amide bonds. The van der Waals surface area contributed by atoms with E-state index in [4.69, 9.17) is 22.1 Å². The van der Waals surface area contributed by atoms with Gasteiger partial charge in [-0.25, -0.2) is 0 Å². The van der Waals surface area contributed by atoms with E-state index in [0.717, 1.165) is 0 Å². The molecule has 2 nitrogen and oxygen atoms in total. The fraction of sp³-hybridized carbons (Fsp3) is 0.111. The van der Waals surface area contributed by atoms with Gasteiger partial charge in [-0.3, -0.25) is 0 Å². The fourth-order valence-electron chi connectivity index (χ4n) is 0.840. The quantitative estimate of drug-likeness (QED) is 0.617. The van der Waals surface area contributed by atoms with E-state index >= 15 is 0 Å². The lowest BCUT2D eigenvalue weighted by Gasteiger charge is -1.99. The predicted molar refractivity (Wildman–Crippen MR) is 45.4 cm³/mol. The molecule has 0 aliphatic heterocycles. The highest BCUT2D eigenvalue weighted by molar-refractivity contribution is 6.22. The predicted octanol–water partition coefficient (Wildman–Crippen LogP) is 2.36. The van der Waals surface area contributed by atoms with Crippen molar-refractivity contribution in [3.05, 3.63) is 35.4 Å². The molecular formula is C9H5ClN2. The third-order valence-electron chi connectivity index (χ3n) is 1.42. The minimum atomic E-state index is -0.668. The number of rotatable bonds is 1. The molecule has 1 atom stereocenters. The van der Waals surface area contributed by atoms with Crippen molar-refractivity contribution < 1.29 is 0 Å². The molecule has 0 saturated heterocycles. The molecule has 0 heterocycles. The minimum Gasteiger partial charge on any atom is -0.196 e. The summed E-state index contributed by atoms with van der Waals surface area (Å²) in [6.45, 7) is 0. The SMILES string of the molecule is N#Cc1cccc(C(Cl)C#N)c1. The van der Waals surface area contributed by atoms with E-state index in [1.54, 1.807) is 24.3 Å². The van der Waals surface area contributed by atoms with Crippen LogP contribution < -0.4 is 0 Å². The van der Waals surface area contributed by atoms with Gasteiger partial charge in [-0.2, -0.15) is 10.5 Å². The maximum Gasteiger partial charge on any atom is 0.145 e. The van der Waals surface area contributed by atoms with Gasteiger partial charge in [-0.1, -0.05) is 12.1 Å². The normalized spacial score (nSPS) is 11.2. The molecule has 0 aromatic heterocycles. The molecular weight excluding hydrogens is 172 g/mol. The highest BCUT2D eigenvalue weighted by atomic mass is 35.5. The average molecular weight is 177 g/mol. The van der Waals surface area contributed by atoms with Crippen LogP contribution in [-0.4, -0.2) is 0 Å². The third kappa shape index (κ3) is 1.75. The van der Waals surface area contributed by atoms with Gasteiger partial charge in [0.1, 0.15) is 5.38 Å². The van der Waals surface area contributed by atoms with Gasteiger partial charge in [0.05, 0.1) is 17.7 Å². The molecule has 58 valence electrons. The number of hydrogen-bond donors (Lipinski definition) is 0. The Morgan fingerprint density at radius 1 is 1.33 bits per heavy atom. The first kappa shape index (κ1) is 8.59. The van der Waals surface area contributed by atoms with E-state index in [2.05, 4.69) is 0 Å². The van der Waals surface area contributed by atoms with Crippen molar-refractivity contribution in [1.82, 2.24) is 0 Å². The van der Waals surface area contributed by atoms with E-state index < -0.39 is 5.38 Å². The van der Waals surface area contributed by atoms with Crippen LogP contribution in [0.4, 0.5) is 0 Å². The van der Waals surface area contributed by atoms with E-state index in [9.17, 15) is 0 Å². The summed E-state index contributed by atoms with van der Waals surface area (Å²) in [4.78, 5) is 0. The van der Waals surface area contributed by atoms with Crippen molar-refractivity contribution in [2.45, 2.75) is 5.38 Å². The zero-order chi connectivity index (χ0) is 8.97. The molecule has 0 aliphatic carbocycles. The van der Waals surface area contributed by atoms with Crippen LogP contribution in [0.5, 0.6) is 0 Å². The summed E-state index contributed by atoms with van der Waals surface area (Å²) in [5, 5.41) is 16.4. The second-order valence-electron chi connectivity index (χ2n) is 2.23. The molecule has 1 unspecified atom stereocenters. The number of halogens is 1. The average Bonchev–Trinajstić information content (AvgIpc) is 2.17. The third-order valence-corrected chi connectivity index (χ3v) is 1.77. The number of nitriles is 2. The van der Waals surface area contributed by atoms with E-state index in [1.807, 2.05) is 12.1 Å². The van der Waals surface area contributed by atoms with Crippen molar-refractivity contribution in [2.24, 2.45) is 0 Å². The van der Waals surface area contributed by atoms with Crippen molar-refractivity contribution in [3.8, 4) is 12.1 Å². The summed E-state index contributed by atoms with van der Waals surface area (Å²) in [5.74, 6) is 0. The molecule has 1 rings (SSSR count). The van der Waals surface area contributed by atoms with Gasteiger partial charge in [-0.05, 0) is 17.7 Å². The van der Waals surface area contributed by atoms with Crippen LogP contribution >= 0.6 is 11.6 Å². The Morgan fingerprint density at radius 2 is 2.08 bits per heavy atom. The molecule has 1 aromatic rings. The Morgan fingerprint density at radius 3 is 2.67 bits per heavy atom. The zero-order valence-corrected chi connectivity index (χ0v) is 6.92. The minimum absolute atomic E-state index is 0.522. The highest BCUT2D eigenvalue weighted by Crippen LogP contribution is 2.19. The Kier molecular flexibility index (Phi) is 2.69. The summed E-state index contributed by atoms with van der Waals surface area (Å²) >= 11 is 5.65. The fourth-order valence-corrected chi connectivity index (χ4v) is 0.976. The van der Waals surface area contributed by atoms with E-state index in [-0.39, 0.29) is 0 Å².